The summed E-state index contributed by atoms with van der Waals surface area (Å²) < 4.78 is 13.7. The highest BCUT2D eigenvalue weighted by Gasteiger charge is 2.36. The fourth-order valence-electron chi connectivity index (χ4n) is 3.87. The third-order valence-electron chi connectivity index (χ3n) is 5.58. The van der Waals surface area contributed by atoms with Crippen LogP contribution >= 0.6 is 11.6 Å². The molecule has 2 atom stereocenters. The summed E-state index contributed by atoms with van der Waals surface area (Å²) in [5.74, 6) is -2.94. The van der Waals surface area contributed by atoms with Crippen LogP contribution in [-0.2, 0) is 22.6 Å². The van der Waals surface area contributed by atoms with Crippen molar-refractivity contribution in [3.8, 4) is 0 Å². The van der Waals surface area contributed by atoms with Crippen LogP contribution in [0.5, 0.6) is 0 Å². The number of hydrogen-bond donors (Lipinski definition) is 6. The third-order valence-corrected chi connectivity index (χ3v) is 5.89. The Balaban J connectivity index is 1.83. The second-order valence-electron chi connectivity index (χ2n) is 7.99. The van der Waals surface area contributed by atoms with E-state index >= 15 is 0 Å². The number of benzene rings is 2. The van der Waals surface area contributed by atoms with Crippen LogP contribution in [0.2, 0.25) is 5.02 Å². The summed E-state index contributed by atoms with van der Waals surface area (Å²) in [4.78, 5) is 30.9. The van der Waals surface area contributed by atoms with Gasteiger partial charge in [-0.25, -0.2) is 4.39 Å². The molecule has 0 spiro atoms. The van der Waals surface area contributed by atoms with Gasteiger partial charge in [0.2, 0.25) is 0 Å². The van der Waals surface area contributed by atoms with Crippen LogP contribution in [0.4, 0.5) is 10.1 Å². The Morgan fingerprint density at radius 2 is 1.97 bits per heavy atom. The summed E-state index contributed by atoms with van der Waals surface area (Å²) >= 11 is 5.65. The summed E-state index contributed by atoms with van der Waals surface area (Å²) in [6, 6.07) is 8.77. The van der Waals surface area contributed by atoms with Crippen LogP contribution in [0.1, 0.15) is 22.7 Å². The van der Waals surface area contributed by atoms with Gasteiger partial charge in [-0.2, -0.15) is 0 Å². The van der Waals surface area contributed by atoms with Crippen molar-refractivity contribution < 1.29 is 14.0 Å². The third kappa shape index (κ3) is 5.73. The zero-order valence-electron chi connectivity index (χ0n) is 18.4. The molecule has 0 bridgehead atoms. The number of carbonyl (C=O) groups is 2. The SMILES string of the molecule is CN(Cc1cccc2c1C[C@H](CN=C(N)N)[C@H]2NC(=O)C(=O)Nc1ccc(Cl)c(F)c1)C(=N)N. The number of nitrogens with zero attached hydrogens (tertiary/aromatic N) is 2. The topological polar surface area (TPSA) is 176 Å². The molecule has 34 heavy (non-hydrogen) atoms. The Morgan fingerprint density at radius 3 is 2.62 bits per heavy atom. The largest absolute Gasteiger partial charge is 0.370 e. The van der Waals surface area contributed by atoms with Crippen LogP contribution in [-0.4, -0.2) is 42.2 Å². The van der Waals surface area contributed by atoms with Crippen molar-refractivity contribution >= 4 is 41.0 Å². The van der Waals surface area contributed by atoms with E-state index in [0.29, 0.717) is 13.0 Å². The van der Waals surface area contributed by atoms with Gasteiger partial charge in [0.25, 0.3) is 0 Å². The Kier molecular flexibility index (Phi) is 7.57. The first-order valence-corrected chi connectivity index (χ1v) is 10.7. The predicted molar refractivity (Wildman–Crippen MR) is 129 cm³/mol. The number of rotatable bonds is 6. The van der Waals surface area contributed by atoms with Crippen LogP contribution in [0.15, 0.2) is 41.4 Å². The molecule has 2 amide bonds. The summed E-state index contributed by atoms with van der Waals surface area (Å²) in [5.41, 5.74) is 19.4. The van der Waals surface area contributed by atoms with E-state index in [1.165, 1.54) is 12.1 Å². The van der Waals surface area contributed by atoms with Gasteiger partial charge in [0.1, 0.15) is 5.82 Å². The first kappa shape index (κ1) is 24.8. The number of aliphatic imine (C=N–C) groups is 1. The molecule has 1 aliphatic rings. The van der Waals surface area contributed by atoms with Crippen LogP contribution in [0.25, 0.3) is 0 Å². The minimum Gasteiger partial charge on any atom is -0.370 e. The monoisotopic (exact) mass is 488 g/mol. The molecular formula is C22H26ClFN8O2. The van der Waals surface area contributed by atoms with E-state index in [2.05, 4.69) is 15.6 Å². The number of guanidine groups is 2. The van der Waals surface area contributed by atoms with Gasteiger partial charge in [-0.05, 0) is 41.3 Å². The molecule has 2 aromatic carbocycles. The smallest absolute Gasteiger partial charge is 0.313 e. The maximum atomic E-state index is 13.7. The lowest BCUT2D eigenvalue weighted by Crippen LogP contribution is -2.40. The molecule has 0 heterocycles. The van der Waals surface area contributed by atoms with Crippen molar-refractivity contribution in [2.45, 2.75) is 19.0 Å². The molecule has 0 saturated carbocycles. The van der Waals surface area contributed by atoms with Gasteiger partial charge in [0, 0.05) is 31.7 Å². The molecule has 0 aromatic heterocycles. The number of hydrogen-bond acceptors (Lipinski definition) is 4. The number of fused-ring (bicyclic) bond motifs is 1. The molecule has 0 saturated heterocycles. The average Bonchev–Trinajstić information content (AvgIpc) is 3.13. The van der Waals surface area contributed by atoms with Crippen molar-refractivity contribution in [2.24, 2.45) is 28.1 Å². The van der Waals surface area contributed by atoms with Gasteiger partial charge in [-0.3, -0.25) is 20.0 Å². The van der Waals surface area contributed by atoms with Crippen molar-refractivity contribution in [1.82, 2.24) is 10.2 Å². The van der Waals surface area contributed by atoms with Gasteiger partial charge in [-0.1, -0.05) is 29.8 Å². The lowest BCUT2D eigenvalue weighted by Gasteiger charge is -2.21. The summed E-state index contributed by atoms with van der Waals surface area (Å²) in [7, 11) is 1.71. The van der Waals surface area contributed by atoms with Gasteiger partial charge in [0.05, 0.1) is 11.1 Å². The molecule has 0 fully saturated rings. The molecule has 0 aliphatic heterocycles. The van der Waals surface area contributed by atoms with E-state index in [-0.39, 0.29) is 35.1 Å². The lowest BCUT2D eigenvalue weighted by molar-refractivity contribution is -0.136. The van der Waals surface area contributed by atoms with E-state index in [0.717, 1.165) is 22.8 Å². The molecule has 9 N–H and O–H groups in total. The first-order chi connectivity index (χ1) is 16.1. The molecule has 3 rings (SSSR count). The van der Waals surface area contributed by atoms with Crippen molar-refractivity contribution in [2.75, 3.05) is 18.9 Å². The molecule has 12 heteroatoms. The number of amides is 2. The second kappa shape index (κ2) is 10.4. The first-order valence-electron chi connectivity index (χ1n) is 10.3. The number of carbonyl (C=O) groups excluding carboxylic acids is 2. The summed E-state index contributed by atoms with van der Waals surface area (Å²) in [5, 5.41) is 12.6. The van der Waals surface area contributed by atoms with E-state index in [1.807, 2.05) is 18.2 Å². The number of nitrogens with two attached hydrogens (primary N) is 3. The minimum absolute atomic E-state index is 0.0761. The summed E-state index contributed by atoms with van der Waals surface area (Å²) in [6.07, 6.45) is 0.545. The molecule has 0 unspecified atom stereocenters. The van der Waals surface area contributed by atoms with Crippen LogP contribution in [0, 0.1) is 17.1 Å². The fourth-order valence-corrected chi connectivity index (χ4v) is 3.99. The Labute approximate surface area is 200 Å². The van der Waals surface area contributed by atoms with E-state index in [4.69, 9.17) is 34.2 Å². The fraction of sp³-hybridized carbons (Fsp3) is 0.273. The standard InChI is InChI=1S/C22H26ClFN8O2/c1-32(22(27)28)10-11-3-2-4-14-15(11)7-12(9-29-21(25)26)18(14)31-20(34)19(33)30-13-5-6-16(23)17(24)8-13/h2-6,8,12,18H,7,9-10H2,1H3,(H3,27,28)(H,30,33)(H,31,34)(H4,25,26,29)/t12-,18-/m1/s1. The number of halogens is 2. The van der Waals surface area contributed by atoms with Gasteiger partial charge >= 0.3 is 11.8 Å². The maximum Gasteiger partial charge on any atom is 0.313 e. The van der Waals surface area contributed by atoms with Gasteiger partial charge in [-0.15, -0.1) is 0 Å². The normalized spacial score (nSPS) is 16.3. The molecule has 1 aliphatic carbocycles. The number of anilines is 1. The highest BCUT2D eigenvalue weighted by molar-refractivity contribution is 6.39. The van der Waals surface area contributed by atoms with Gasteiger partial charge < -0.3 is 32.7 Å². The second-order valence-corrected chi connectivity index (χ2v) is 8.40. The zero-order chi connectivity index (χ0) is 25.0. The summed E-state index contributed by atoms with van der Waals surface area (Å²) in [6.45, 7) is 0.630. The highest BCUT2D eigenvalue weighted by Crippen LogP contribution is 2.38. The molecular weight excluding hydrogens is 463 g/mol. The van der Waals surface area contributed by atoms with E-state index < -0.39 is 23.7 Å². The number of nitrogens with one attached hydrogen (secondary N) is 3. The van der Waals surface area contributed by atoms with Crippen molar-refractivity contribution in [3.63, 3.8) is 0 Å². The van der Waals surface area contributed by atoms with Crippen LogP contribution in [0.3, 0.4) is 0 Å². The zero-order valence-corrected chi connectivity index (χ0v) is 19.2. The quantitative estimate of drug-likeness (QED) is 0.201. The predicted octanol–water partition coefficient (Wildman–Crippen LogP) is 1.05. The van der Waals surface area contributed by atoms with Gasteiger partial charge in [0.15, 0.2) is 11.9 Å². The maximum absolute atomic E-state index is 13.7. The average molecular weight is 489 g/mol. The van der Waals surface area contributed by atoms with Crippen molar-refractivity contribution in [1.29, 1.82) is 5.41 Å². The highest BCUT2D eigenvalue weighted by atomic mass is 35.5. The molecule has 2 aromatic rings. The Hall–Kier alpha value is -3.86. The Morgan fingerprint density at radius 1 is 1.24 bits per heavy atom. The van der Waals surface area contributed by atoms with E-state index in [1.54, 1.807) is 11.9 Å². The minimum atomic E-state index is -0.955. The van der Waals surface area contributed by atoms with Crippen LogP contribution < -0.4 is 27.8 Å². The molecule has 0 radical (unpaired) electrons. The van der Waals surface area contributed by atoms with E-state index in [9.17, 15) is 14.0 Å². The lowest BCUT2D eigenvalue weighted by atomic mass is 10.0. The van der Waals surface area contributed by atoms with Crippen molar-refractivity contribution in [3.05, 3.63) is 63.9 Å². The molecule has 10 nitrogen and oxygen atoms in total. The Bertz CT molecular complexity index is 1150. The molecule has 180 valence electrons.